The molecular formula is C26H36ClN7O3S. The van der Waals surface area contributed by atoms with E-state index in [1.165, 1.54) is 15.8 Å². The van der Waals surface area contributed by atoms with Gasteiger partial charge >= 0.3 is 0 Å². The summed E-state index contributed by atoms with van der Waals surface area (Å²) in [5, 5.41) is 17.0. The Bertz CT molecular complexity index is 1360. The number of nitrogens with one attached hydrogen (secondary N) is 4. The Labute approximate surface area is 229 Å². The van der Waals surface area contributed by atoms with Crippen LogP contribution in [0.5, 0.6) is 5.75 Å². The number of nitrogens with zero attached hydrogens (tertiary/aromatic N) is 3. The fourth-order valence-corrected chi connectivity index (χ4v) is 5.99. The minimum absolute atomic E-state index is 0.0213. The van der Waals surface area contributed by atoms with Gasteiger partial charge in [0.2, 0.25) is 15.8 Å². The van der Waals surface area contributed by atoms with Crippen molar-refractivity contribution in [2.45, 2.75) is 74.9 Å². The lowest BCUT2D eigenvalue weighted by Crippen LogP contribution is -2.35. The molecule has 0 amide bonds. The largest absolute Gasteiger partial charge is 0.488 e. The van der Waals surface area contributed by atoms with Crippen molar-refractivity contribution in [2.75, 3.05) is 23.7 Å². The van der Waals surface area contributed by atoms with Gasteiger partial charge in [0.25, 0.3) is 0 Å². The van der Waals surface area contributed by atoms with Crippen LogP contribution in [0.2, 0.25) is 0 Å². The van der Waals surface area contributed by atoms with Gasteiger partial charge in [0.1, 0.15) is 5.75 Å². The zero-order valence-corrected chi connectivity index (χ0v) is 23.8. The number of hydrogen-bond acceptors (Lipinski definition) is 9. The predicted molar refractivity (Wildman–Crippen MR) is 151 cm³/mol. The number of sulfone groups is 1. The first-order chi connectivity index (χ1) is 18.1. The van der Waals surface area contributed by atoms with Crippen molar-refractivity contribution >= 4 is 38.8 Å². The van der Waals surface area contributed by atoms with Crippen molar-refractivity contribution in [3.05, 3.63) is 40.7 Å². The molecule has 1 aromatic heterocycles. The number of piperidine rings is 1. The van der Waals surface area contributed by atoms with E-state index >= 15 is 0 Å². The summed E-state index contributed by atoms with van der Waals surface area (Å²) in [4.78, 5) is 4.70. The maximum absolute atomic E-state index is 12.9. The molecule has 2 aliphatic heterocycles. The van der Waals surface area contributed by atoms with E-state index < -0.39 is 21.3 Å². The molecule has 1 atom stereocenters. The number of ether oxygens (including phenoxy) is 1. The zero-order valence-electron chi connectivity index (χ0n) is 22.2. The van der Waals surface area contributed by atoms with Crippen molar-refractivity contribution in [3.63, 3.8) is 0 Å². The molecule has 10 nitrogen and oxygen atoms in total. The maximum Gasteiger partial charge on any atom is 0.202 e. The van der Waals surface area contributed by atoms with Crippen LogP contribution in [0.3, 0.4) is 0 Å². The maximum atomic E-state index is 12.9. The van der Waals surface area contributed by atoms with E-state index in [2.05, 4.69) is 45.4 Å². The lowest BCUT2D eigenvalue weighted by molar-refractivity contribution is 0.304. The summed E-state index contributed by atoms with van der Waals surface area (Å²) in [6.45, 7) is 7.46. The van der Waals surface area contributed by atoms with Gasteiger partial charge in [-0.2, -0.15) is 5.10 Å². The third-order valence-corrected chi connectivity index (χ3v) is 9.46. The van der Waals surface area contributed by atoms with Gasteiger partial charge in [0.05, 0.1) is 27.8 Å². The van der Waals surface area contributed by atoms with Crippen LogP contribution in [0.15, 0.2) is 39.6 Å². The molecule has 12 heteroatoms. The summed E-state index contributed by atoms with van der Waals surface area (Å²) in [6, 6.07) is 4.31. The fraction of sp³-hybridized carbons (Fsp3) is 0.538. The van der Waals surface area contributed by atoms with Crippen molar-refractivity contribution in [3.8, 4) is 5.75 Å². The SMILES string of the molecule is Cc1cc(NC2=NC(Nc3cn(C)nc3S(=O)(=O)C(C)C)C(Cl)=CN2)c(OC2CC2)cc1C1CCNCC1. The molecule has 4 N–H and O–H groups in total. The first kappa shape index (κ1) is 26.8. The summed E-state index contributed by atoms with van der Waals surface area (Å²) in [7, 11) is -1.93. The Kier molecular flexibility index (Phi) is 7.61. The quantitative estimate of drug-likeness (QED) is 0.384. The molecule has 206 valence electrons. The third kappa shape index (κ3) is 5.79. The van der Waals surface area contributed by atoms with Crippen molar-refractivity contribution in [1.29, 1.82) is 0 Å². The van der Waals surface area contributed by atoms with E-state index in [1.807, 2.05) is 0 Å². The van der Waals surface area contributed by atoms with Crippen LogP contribution in [0.1, 0.15) is 56.6 Å². The van der Waals surface area contributed by atoms with Gasteiger partial charge in [-0.25, -0.2) is 13.4 Å². The first-order valence-electron chi connectivity index (χ1n) is 13.1. The Hall–Kier alpha value is -2.76. The topological polar surface area (TPSA) is 122 Å². The second-order valence-corrected chi connectivity index (χ2v) is 13.3. The Morgan fingerprint density at radius 3 is 2.58 bits per heavy atom. The van der Waals surface area contributed by atoms with Gasteiger partial charge in [-0.1, -0.05) is 11.6 Å². The average molecular weight is 562 g/mol. The minimum atomic E-state index is -3.60. The standard InChI is InChI=1S/C26H36ClN7O3S/c1-15(2)38(35,36)25-22(14-34(4)33-25)30-24-20(27)13-29-26(32-24)31-21-11-16(3)19(17-7-9-28-10-8-17)12-23(21)37-18-5-6-18/h11-15,17-18,24,28,30H,5-10H2,1-4H3,(H2,29,31,32). The molecule has 2 fully saturated rings. The van der Waals surface area contributed by atoms with Crippen molar-refractivity contribution in [2.24, 2.45) is 12.0 Å². The Balaban J connectivity index is 1.40. The van der Waals surface area contributed by atoms with E-state index in [0.29, 0.717) is 22.6 Å². The number of halogens is 1. The number of aliphatic imine (C=N–C) groups is 1. The van der Waals surface area contributed by atoms with Crippen LogP contribution >= 0.6 is 11.6 Å². The molecule has 3 heterocycles. The molecule has 1 saturated heterocycles. The van der Waals surface area contributed by atoms with Gasteiger partial charge < -0.3 is 26.0 Å². The molecule has 3 aliphatic rings. The van der Waals surface area contributed by atoms with E-state index in [4.69, 9.17) is 21.3 Å². The molecule has 2 aromatic rings. The number of aromatic nitrogens is 2. The van der Waals surface area contributed by atoms with Gasteiger partial charge in [0, 0.05) is 19.4 Å². The summed E-state index contributed by atoms with van der Waals surface area (Å²) in [5.74, 6) is 1.81. The first-order valence-corrected chi connectivity index (χ1v) is 15.1. The van der Waals surface area contributed by atoms with Gasteiger partial charge in [-0.3, -0.25) is 4.68 Å². The predicted octanol–water partition coefficient (Wildman–Crippen LogP) is 3.81. The number of benzene rings is 1. The summed E-state index contributed by atoms with van der Waals surface area (Å²) in [5.41, 5.74) is 3.72. The number of aryl methyl sites for hydroxylation is 2. The lowest BCUT2D eigenvalue weighted by atomic mass is 9.87. The molecule has 1 saturated carbocycles. The lowest BCUT2D eigenvalue weighted by Gasteiger charge is -2.27. The molecule has 1 aromatic carbocycles. The highest BCUT2D eigenvalue weighted by molar-refractivity contribution is 7.92. The second kappa shape index (κ2) is 10.8. The van der Waals surface area contributed by atoms with Gasteiger partial charge in [0.15, 0.2) is 11.2 Å². The van der Waals surface area contributed by atoms with Crippen molar-refractivity contribution < 1.29 is 13.2 Å². The van der Waals surface area contributed by atoms with E-state index in [-0.39, 0.29) is 11.1 Å². The normalized spacial score (nSPS) is 20.5. The number of hydrogen-bond donors (Lipinski definition) is 4. The van der Waals surface area contributed by atoms with Crippen molar-refractivity contribution in [1.82, 2.24) is 20.4 Å². The van der Waals surface area contributed by atoms with Crippen LogP contribution in [0.4, 0.5) is 11.4 Å². The van der Waals surface area contributed by atoms with Crippen LogP contribution in [-0.2, 0) is 16.9 Å². The molecule has 0 spiro atoms. The number of rotatable bonds is 8. The van der Waals surface area contributed by atoms with Crippen LogP contribution in [-0.4, -0.2) is 54.8 Å². The molecular weight excluding hydrogens is 526 g/mol. The molecule has 1 aliphatic carbocycles. The van der Waals surface area contributed by atoms with Gasteiger partial charge in [-0.15, -0.1) is 0 Å². The summed E-state index contributed by atoms with van der Waals surface area (Å²) >= 11 is 6.47. The molecule has 5 rings (SSSR count). The molecule has 0 radical (unpaired) electrons. The second-order valence-electron chi connectivity index (χ2n) is 10.5. The highest BCUT2D eigenvalue weighted by atomic mass is 35.5. The minimum Gasteiger partial charge on any atom is -0.488 e. The van der Waals surface area contributed by atoms with Crippen LogP contribution < -0.4 is 26.0 Å². The van der Waals surface area contributed by atoms with E-state index in [1.54, 1.807) is 33.3 Å². The smallest absolute Gasteiger partial charge is 0.202 e. The Morgan fingerprint density at radius 2 is 1.89 bits per heavy atom. The highest BCUT2D eigenvalue weighted by Crippen LogP contribution is 2.38. The number of guanidine groups is 1. The zero-order chi connectivity index (χ0) is 27.0. The third-order valence-electron chi connectivity index (χ3n) is 7.06. The Morgan fingerprint density at radius 1 is 1.16 bits per heavy atom. The van der Waals surface area contributed by atoms with E-state index in [0.717, 1.165) is 50.2 Å². The molecule has 38 heavy (non-hydrogen) atoms. The summed E-state index contributed by atoms with van der Waals surface area (Å²) in [6.07, 6.45) is 7.16. The fourth-order valence-electron chi connectivity index (χ4n) is 4.73. The number of anilines is 2. The average Bonchev–Trinajstić information content (AvgIpc) is 3.62. The van der Waals surface area contributed by atoms with Gasteiger partial charge in [-0.05, 0) is 88.7 Å². The van der Waals surface area contributed by atoms with Crippen LogP contribution in [0.25, 0.3) is 0 Å². The van der Waals surface area contributed by atoms with E-state index in [9.17, 15) is 8.42 Å². The monoisotopic (exact) mass is 561 g/mol. The highest BCUT2D eigenvalue weighted by Gasteiger charge is 2.30. The molecule has 1 unspecified atom stereocenters. The summed E-state index contributed by atoms with van der Waals surface area (Å²) < 4.78 is 33.5. The molecule has 0 bridgehead atoms. The van der Waals surface area contributed by atoms with Crippen LogP contribution in [0, 0.1) is 6.92 Å².